The van der Waals surface area contributed by atoms with Crippen LogP contribution in [0.4, 0.5) is 0 Å². The molecule has 0 saturated heterocycles. The Morgan fingerprint density at radius 1 is 0.667 bits per heavy atom. The van der Waals surface area contributed by atoms with Gasteiger partial charge in [0.2, 0.25) is 0 Å². The smallest absolute Gasteiger partial charge is 0.336 e. The lowest BCUT2D eigenvalue weighted by Crippen LogP contribution is -2.03. The molecule has 6 heteroatoms. The Morgan fingerprint density at radius 3 is 1.57 bits per heavy atom. The Bertz CT molecular complexity index is 1050. The zero-order valence-electron chi connectivity index (χ0n) is 15.7. The van der Waals surface area contributed by atoms with E-state index in [4.69, 9.17) is 9.47 Å². The second-order valence-corrected chi connectivity index (χ2v) is 8.24. The molecule has 2 aromatic carbocycles. The van der Waals surface area contributed by atoms with Crippen LogP contribution in [-0.4, -0.2) is 11.9 Å². The lowest BCUT2D eigenvalue weighted by atomic mass is 10.2. The first-order valence-electron chi connectivity index (χ1n) is 9.09. The molecule has 2 aromatic rings. The molecule has 0 N–H and O–H groups in total. The van der Waals surface area contributed by atoms with Gasteiger partial charge < -0.3 is 9.47 Å². The molecule has 0 saturated carbocycles. The number of allylic oxidation sites excluding steroid dienone is 4. The van der Waals surface area contributed by atoms with E-state index in [1.165, 1.54) is 23.5 Å². The first kappa shape index (κ1) is 20.1. The van der Waals surface area contributed by atoms with Crippen molar-refractivity contribution in [1.29, 1.82) is 0 Å². The van der Waals surface area contributed by atoms with Gasteiger partial charge in [0.1, 0.15) is 0 Å². The van der Waals surface area contributed by atoms with E-state index in [-0.39, 0.29) is 0 Å². The summed E-state index contributed by atoms with van der Waals surface area (Å²) in [6.45, 7) is 0. The van der Waals surface area contributed by atoms with Crippen LogP contribution in [0.5, 0.6) is 0 Å². The Labute approximate surface area is 182 Å². The maximum absolute atomic E-state index is 12.1. The maximum Gasteiger partial charge on any atom is 0.336 e. The van der Waals surface area contributed by atoms with Gasteiger partial charge in [-0.15, -0.1) is 0 Å². The molecule has 0 bridgehead atoms. The number of carbonyl (C=O) groups is 2. The topological polar surface area (TPSA) is 52.6 Å². The molecule has 0 aromatic heterocycles. The molecule has 0 spiro atoms. The van der Waals surface area contributed by atoms with E-state index < -0.39 is 11.9 Å². The van der Waals surface area contributed by atoms with Crippen LogP contribution in [0.2, 0.25) is 0 Å². The van der Waals surface area contributed by atoms with E-state index in [1.54, 1.807) is 12.2 Å². The van der Waals surface area contributed by atoms with Crippen LogP contribution in [0.3, 0.4) is 0 Å². The molecule has 0 atom stereocenters. The molecule has 2 heterocycles. The molecule has 148 valence electrons. The Morgan fingerprint density at radius 2 is 1.10 bits per heavy atom. The van der Waals surface area contributed by atoms with Gasteiger partial charge in [-0.1, -0.05) is 84.2 Å². The number of hydrogen-bond acceptors (Lipinski definition) is 6. The number of hydrogen-bond donors (Lipinski definition) is 0. The molecule has 2 aliphatic rings. The van der Waals surface area contributed by atoms with Crippen LogP contribution >= 0.6 is 23.5 Å². The molecule has 2 aliphatic heterocycles. The van der Waals surface area contributed by atoms with Crippen molar-refractivity contribution in [3.8, 4) is 0 Å². The second kappa shape index (κ2) is 9.52. The summed E-state index contributed by atoms with van der Waals surface area (Å²) in [5.41, 5.74) is 2.10. The minimum atomic E-state index is -0.647. The summed E-state index contributed by atoms with van der Waals surface area (Å²) < 4.78 is 10.7. The van der Waals surface area contributed by atoms with E-state index in [0.29, 0.717) is 10.2 Å². The summed E-state index contributed by atoms with van der Waals surface area (Å²) in [5.74, 6) is -1.29. The Balaban J connectivity index is 1.33. The van der Waals surface area contributed by atoms with Crippen LogP contribution in [0.25, 0.3) is 12.2 Å². The Kier molecular flexibility index (Phi) is 6.37. The van der Waals surface area contributed by atoms with Gasteiger partial charge in [-0.05, 0) is 35.4 Å². The monoisotopic (exact) mass is 432 g/mol. The van der Waals surface area contributed by atoms with Crippen molar-refractivity contribution in [2.75, 3.05) is 0 Å². The molecule has 4 nitrogen and oxygen atoms in total. The third-order valence-electron chi connectivity index (χ3n) is 4.03. The fourth-order valence-electron chi connectivity index (χ4n) is 2.68. The number of carbonyl (C=O) groups excluding carboxylic acids is 2. The van der Waals surface area contributed by atoms with E-state index >= 15 is 0 Å². The predicted octanol–water partition coefficient (Wildman–Crippen LogP) is 5.95. The summed E-state index contributed by atoms with van der Waals surface area (Å²) in [7, 11) is 0. The normalized spacial score (nSPS) is 14.7. The first-order chi connectivity index (χ1) is 14.7. The van der Waals surface area contributed by atoms with Crippen molar-refractivity contribution in [2.45, 2.75) is 9.79 Å². The number of rotatable bonds is 4. The first-order valence-corrected chi connectivity index (χ1v) is 10.7. The standard InChI is InChI=1S/C24H16O4S2/c25-21(27-23-13-5-9-17-7-1-3-11-19(17)29-23)15-16-22(26)28-24-14-6-10-18-8-2-4-12-20(18)30-24/h1-16H/b16-15-. The average Bonchev–Trinajstić information content (AvgIpc) is 3.07. The van der Waals surface area contributed by atoms with E-state index in [9.17, 15) is 9.59 Å². The fraction of sp³-hybridized carbons (Fsp3) is 0. The molecule has 0 amide bonds. The minimum Gasteiger partial charge on any atom is -0.416 e. The van der Waals surface area contributed by atoms with Crippen LogP contribution < -0.4 is 0 Å². The van der Waals surface area contributed by atoms with E-state index in [1.807, 2.05) is 72.8 Å². The molecule has 30 heavy (non-hydrogen) atoms. The van der Waals surface area contributed by atoms with Crippen LogP contribution in [0.15, 0.2) is 105 Å². The SMILES string of the molecule is O=C(/C=C\C(=O)OC1=CC=Cc2ccccc2S1)OC1=CC=Cc2ccccc2S1. The van der Waals surface area contributed by atoms with Gasteiger partial charge >= 0.3 is 11.9 Å². The van der Waals surface area contributed by atoms with Gasteiger partial charge in [-0.3, -0.25) is 0 Å². The van der Waals surface area contributed by atoms with Gasteiger partial charge in [0.05, 0.1) is 0 Å². The molecule has 0 fully saturated rings. The number of fused-ring (bicyclic) bond motifs is 2. The summed E-state index contributed by atoms with van der Waals surface area (Å²) in [4.78, 5) is 26.2. The highest BCUT2D eigenvalue weighted by Gasteiger charge is 2.13. The quantitative estimate of drug-likeness (QED) is 0.440. The lowest BCUT2D eigenvalue weighted by molar-refractivity contribution is -0.135. The highest BCUT2D eigenvalue weighted by molar-refractivity contribution is 8.03. The van der Waals surface area contributed by atoms with Crippen LogP contribution in [-0.2, 0) is 19.1 Å². The maximum atomic E-state index is 12.1. The zero-order chi connectivity index (χ0) is 20.8. The third kappa shape index (κ3) is 5.23. The van der Waals surface area contributed by atoms with Gasteiger partial charge in [0.15, 0.2) is 10.2 Å². The zero-order valence-corrected chi connectivity index (χ0v) is 17.3. The number of thioether (sulfide) groups is 2. The third-order valence-corrected chi connectivity index (χ3v) is 6.06. The highest BCUT2D eigenvalue weighted by Crippen LogP contribution is 2.34. The molecular formula is C24H16O4S2. The number of esters is 2. The van der Waals surface area contributed by atoms with Crippen LogP contribution in [0, 0.1) is 0 Å². The van der Waals surface area contributed by atoms with Gasteiger partial charge in [0.25, 0.3) is 0 Å². The van der Waals surface area contributed by atoms with Crippen LogP contribution in [0.1, 0.15) is 11.1 Å². The number of benzene rings is 2. The average molecular weight is 433 g/mol. The van der Waals surface area contributed by atoms with Gasteiger partial charge in [-0.25, -0.2) is 9.59 Å². The molecule has 0 radical (unpaired) electrons. The largest absolute Gasteiger partial charge is 0.416 e. The van der Waals surface area contributed by atoms with Crippen molar-refractivity contribution in [2.24, 2.45) is 0 Å². The summed E-state index contributed by atoms with van der Waals surface area (Å²) in [5, 5.41) is 0.867. The van der Waals surface area contributed by atoms with Crippen molar-refractivity contribution in [3.05, 3.63) is 106 Å². The molecule has 4 rings (SSSR count). The van der Waals surface area contributed by atoms with Gasteiger partial charge in [-0.2, -0.15) is 0 Å². The summed E-state index contributed by atoms with van der Waals surface area (Å²) in [6.07, 6.45) is 13.1. The Hall–Kier alpha value is -3.22. The van der Waals surface area contributed by atoms with Crippen molar-refractivity contribution < 1.29 is 19.1 Å². The lowest BCUT2D eigenvalue weighted by Gasteiger charge is -2.07. The van der Waals surface area contributed by atoms with E-state index in [2.05, 4.69) is 0 Å². The molecular weight excluding hydrogens is 416 g/mol. The molecule has 0 unspecified atom stereocenters. The van der Waals surface area contributed by atoms with Crippen molar-refractivity contribution in [3.63, 3.8) is 0 Å². The second-order valence-electron chi connectivity index (χ2n) is 6.14. The van der Waals surface area contributed by atoms with Crippen molar-refractivity contribution in [1.82, 2.24) is 0 Å². The number of ether oxygens (including phenoxy) is 2. The predicted molar refractivity (Wildman–Crippen MR) is 120 cm³/mol. The summed E-state index contributed by atoms with van der Waals surface area (Å²) in [6, 6.07) is 15.6. The highest BCUT2D eigenvalue weighted by atomic mass is 32.2. The van der Waals surface area contributed by atoms with Gasteiger partial charge in [0, 0.05) is 21.9 Å². The molecule has 0 aliphatic carbocycles. The van der Waals surface area contributed by atoms with E-state index in [0.717, 1.165) is 33.1 Å². The summed E-state index contributed by atoms with van der Waals surface area (Å²) >= 11 is 2.70. The minimum absolute atomic E-state index is 0.433. The van der Waals surface area contributed by atoms with Crippen molar-refractivity contribution >= 4 is 47.6 Å². The fourth-order valence-corrected chi connectivity index (χ4v) is 4.46.